The SMILES string of the molecule is CC(CCN(C)C)NCC(O)COCC1CCCO1. The van der Waals surface area contributed by atoms with Crippen molar-refractivity contribution in [2.75, 3.05) is 47.0 Å². The van der Waals surface area contributed by atoms with Gasteiger partial charge >= 0.3 is 0 Å². The summed E-state index contributed by atoms with van der Waals surface area (Å²) in [5.74, 6) is 0. The van der Waals surface area contributed by atoms with Crippen LogP contribution in [-0.2, 0) is 9.47 Å². The summed E-state index contributed by atoms with van der Waals surface area (Å²) in [5, 5.41) is 13.1. The molecule has 0 aromatic carbocycles. The molecule has 1 saturated heterocycles. The largest absolute Gasteiger partial charge is 0.389 e. The van der Waals surface area contributed by atoms with Crippen LogP contribution in [0, 0.1) is 0 Å². The standard InChI is InChI=1S/C14H30N2O3/c1-12(6-7-16(2)3)15-9-13(17)10-18-11-14-5-4-8-19-14/h12-15,17H,4-11H2,1-3H3. The zero-order valence-electron chi connectivity index (χ0n) is 12.6. The lowest BCUT2D eigenvalue weighted by atomic mass is 10.2. The zero-order chi connectivity index (χ0) is 14.1. The Bertz CT molecular complexity index is 221. The Hall–Kier alpha value is -0.200. The van der Waals surface area contributed by atoms with Gasteiger partial charge in [-0.15, -0.1) is 0 Å². The molecule has 0 aliphatic carbocycles. The molecule has 1 aliphatic rings. The van der Waals surface area contributed by atoms with E-state index in [-0.39, 0.29) is 6.10 Å². The normalized spacial score (nSPS) is 22.9. The predicted octanol–water partition coefficient (Wildman–Crippen LogP) is 0.473. The van der Waals surface area contributed by atoms with Gasteiger partial charge in [0.25, 0.3) is 0 Å². The molecule has 0 aromatic heterocycles. The lowest BCUT2D eigenvalue weighted by Gasteiger charge is -2.19. The molecule has 5 heteroatoms. The zero-order valence-corrected chi connectivity index (χ0v) is 12.6. The fourth-order valence-electron chi connectivity index (χ4n) is 2.06. The van der Waals surface area contributed by atoms with E-state index in [9.17, 15) is 5.11 Å². The molecule has 114 valence electrons. The molecule has 5 nitrogen and oxygen atoms in total. The number of hydrogen-bond acceptors (Lipinski definition) is 5. The third kappa shape index (κ3) is 8.55. The summed E-state index contributed by atoms with van der Waals surface area (Å²) < 4.78 is 10.9. The van der Waals surface area contributed by atoms with E-state index in [0.29, 0.717) is 25.8 Å². The van der Waals surface area contributed by atoms with E-state index in [1.54, 1.807) is 0 Å². The van der Waals surface area contributed by atoms with Crippen LogP contribution >= 0.6 is 0 Å². The van der Waals surface area contributed by atoms with Gasteiger partial charge in [0.05, 0.1) is 25.4 Å². The van der Waals surface area contributed by atoms with Crippen molar-refractivity contribution < 1.29 is 14.6 Å². The molecule has 1 fully saturated rings. The highest BCUT2D eigenvalue weighted by atomic mass is 16.5. The van der Waals surface area contributed by atoms with Crippen LogP contribution < -0.4 is 5.32 Å². The van der Waals surface area contributed by atoms with Gasteiger partial charge in [0, 0.05) is 19.2 Å². The highest BCUT2D eigenvalue weighted by Gasteiger charge is 2.16. The number of nitrogens with zero attached hydrogens (tertiary/aromatic N) is 1. The Morgan fingerprint density at radius 1 is 1.47 bits per heavy atom. The molecule has 0 amide bonds. The van der Waals surface area contributed by atoms with Gasteiger partial charge in [0.15, 0.2) is 0 Å². The Labute approximate surface area is 117 Å². The molecule has 0 spiro atoms. The summed E-state index contributed by atoms with van der Waals surface area (Å²) in [7, 11) is 4.14. The average Bonchev–Trinajstić information content (AvgIpc) is 2.87. The number of aliphatic hydroxyl groups excluding tert-OH is 1. The Balaban J connectivity index is 1.95. The second-order valence-corrected chi connectivity index (χ2v) is 5.73. The van der Waals surface area contributed by atoms with Gasteiger partial charge in [0.1, 0.15) is 0 Å². The van der Waals surface area contributed by atoms with E-state index in [1.807, 2.05) is 0 Å². The van der Waals surface area contributed by atoms with Gasteiger partial charge in [0.2, 0.25) is 0 Å². The minimum absolute atomic E-state index is 0.235. The molecule has 19 heavy (non-hydrogen) atoms. The first kappa shape index (κ1) is 16.9. The van der Waals surface area contributed by atoms with Crippen LogP contribution in [0.1, 0.15) is 26.2 Å². The van der Waals surface area contributed by atoms with Crippen molar-refractivity contribution in [3.8, 4) is 0 Å². The van der Waals surface area contributed by atoms with Gasteiger partial charge in [-0.05, 0) is 46.8 Å². The van der Waals surface area contributed by atoms with Crippen LogP contribution in [0.15, 0.2) is 0 Å². The Kier molecular flexibility index (Phi) is 8.57. The van der Waals surface area contributed by atoms with Crippen molar-refractivity contribution in [1.29, 1.82) is 0 Å². The third-order valence-electron chi connectivity index (χ3n) is 3.35. The topological polar surface area (TPSA) is 54.0 Å². The van der Waals surface area contributed by atoms with Gasteiger partial charge in [-0.25, -0.2) is 0 Å². The number of rotatable bonds is 10. The number of ether oxygens (including phenoxy) is 2. The van der Waals surface area contributed by atoms with Crippen molar-refractivity contribution in [2.45, 2.75) is 44.4 Å². The number of aliphatic hydroxyl groups is 1. The van der Waals surface area contributed by atoms with Crippen molar-refractivity contribution >= 4 is 0 Å². The van der Waals surface area contributed by atoms with E-state index in [1.165, 1.54) is 0 Å². The van der Waals surface area contributed by atoms with Crippen molar-refractivity contribution in [1.82, 2.24) is 10.2 Å². The molecule has 1 aliphatic heterocycles. The maximum atomic E-state index is 9.81. The first-order valence-electron chi connectivity index (χ1n) is 7.33. The predicted molar refractivity (Wildman–Crippen MR) is 76.4 cm³/mol. The van der Waals surface area contributed by atoms with Crippen LogP contribution in [-0.4, -0.2) is 75.3 Å². The van der Waals surface area contributed by atoms with Crippen LogP contribution in [0.2, 0.25) is 0 Å². The second kappa shape index (κ2) is 9.66. The molecular weight excluding hydrogens is 244 g/mol. The molecule has 0 radical (unpaired) electrons. The summed E-state index contributed by atoms with van der Waals surface area (Å²) in [6.45, 7) is 5.62. The lowest BCUT2D eigenvalue weighted by Crippen LogP contribution is -2.37. The molecule has 1 rings (SSSR count). The Morgan fingerprint density at radius 2 is 2.26 bits per heavy atom. The summed E-state index contributed by atoms with van der Waals surface area (Å²) in [5.41, 5.74) is 0. The molecule has 1 heterocycles. The third-order valence-corrected chi connectivity index (χ3v) is 3.35. The second-order valence-electron chi connectivity index (χ2n) is 5.73. The fraction of sp³-hybridized carbons (Fsp3) is 1.00. The van der Waals surface area contributed by atoms with Gasteiger partial charge in [-0.3, -0.25) is 0 Å². The van der Waals surface area contributed by atoms with Gasteiger partial charge in [-0.2, -0.15) is 0 Å². The summed E-state index contributed by atoms with van der Waals surface area (Å²) in [6, 6.07) is 0.412. The summed E-state index contributed by atoms with van der Waals surface area (Å²) in [4.78, 5) is 2.17. The van der Waals surface area contributed by atoms with Crippen molar-refractivity contribution in [3.63, 3.8) is 0 Å². The van der Waals surface area contributed by atoms with Crippen LogP contribution in [0.3, 0.4) is 0 Å². The molecular formula is C14H30N2O3. The molecule has 0 saturated carbocycles. The maximum Gasteiger partial charge on any atom is 0.0897 e. The number of hydrogen-bond donors (Lipinski definition) is 2. The fourth-order valence-corrected chi connectivity index (χ4v) is 2.06. The minimum atomic E-state index is -0.441. The van der Waals surface area contributed by atoms with Crippen molar-refractivity contribution in [3.05, 3.63) is 0 Å². The summed E-state index contributed by atoms with van der Waals surface area (Å²) in [6.07, 6.45) is 3.08. The lowest BCUT2D eigenvalue weighted by molar-refractivity contribution is -0.0169. The van der Waals surface area contributed by atoms with Crippen LogP contribution in [0.5, 0.6) is 0 Å². The monoisotopic (exact) mass is 274 g/mol. The van der Waals surface area contributed by atoms with E-state index in [4.69, 9.17) is 9.47 Å². The average molecular weight is 274 g/mol. The first-order chi connectivity index (χ1) is 9.08. The quantitative estimate of drug-likeness (QED) is 0.607. The van der Waals surface area contributed by atoms with Gasteiger partial charge in [-0.1, -0.05) is 0 Å². The highest BCUT2D eigenvalue weighted by molar-refractivity contribution is 4.67. The molecule has 2 N–H and O–H groups in total. The highest BCUT2D eigenvalue weighted by Crippen LogP contribution is 2.11. The van der Waals surface area contributed by atoms with Crippen LogP contribution in [0.4, 0.5) is 0 Å². The number of nitrogens with one attached hydrogen (secondary N) is 1. The minimum Gasteiger partial charge on any atom is -0.389 e. The molecule has 0 bridgehead atoms. The van der Waals surface area contributed by atoms with Crippen molar-refractivity contribution in [2.24, 2.45) is 0 Å². The van der Waals surface area contributed by atoms with E-state index < -0.39 is 6.10 Å². The molecule has 0 aromatic rings. The van der Waals surface area contributed by atoms with Crippen LogP contribution in [0.25, 0.3) is 0 Å². The molecule has 3 unspecified atom stereocenters. The molecule has 3 atom stereocenters. The van der Waals surface area contributed by atoms with E-state index in [0.717, 1.165) is 32.4 Å². The Morgan fingerprint density at radius 3 is 2.89 bits per heavy atom. The smallest absolute Gasteiger partial charge is 0.0897 e. The summed E-state index contributed by atoms with van der Waals surface area (Å²) >= 11 is 0. The van der Waals surface area contributed by atoms with Gasteiger partial charge < -0.3 is 24.8 Å². The first-order valence-corrected chi connectivity index (χ1v) is 7.33. The van der Waals surface area contributed by atoms with E-state index in [2.05, 4.69) is 31.2 Å². The maximum absolute atomic E-state index is 9.81. The van der Waals surface area contributed by atoms with E-state index >= 15 is 0 Å².